The molecule has 1 unspecified atom stereocenters. The summed E-state index contributed by atoms with van der Waals surface area (Å²) in [6.07, 6.45) is 0. The first-order chi connectivity index (χ1) is 9.49. The van der Waals surface area contributed by atoms with Crippen LogP contribution < -0.4 is 10.1 Å². The number of benzene rings is 1. The van der Waals surface area contributed by atoms with Crippen LogP contribution in [0.3, 0.4) is 0 Å². The van der Waals surface area contributed by atoms with Crippen molar-refractivity contribution in [1.29, 1.82) is 0 Å². The molecule has 0 aromatic heterocycles. The molecule has 0 bridgehead atoms. The molecular formula is C14H22N2O4. The third-order valence-corrected chi connectivity index (χ3v) is 3.05. The number of methoxy groups -OCH3 is 1. The Hall–Kier alpha value is -1.82. The number of ether oxygens (including phenoxy) is 2. The van der Waals surface area contributed by atoms with Gasteiger partial charge in [0.05, 0.1) is 24.7 Å². The molecule has 112 valence electrons. The molecule has 0 aliphatic heterocycles. The topological polar surface area (TPSA) is 73.6 Å². The van der Waals surface area contributed by atoms with Gasteiger partial charge in [-0.25, -0.2) is 0 Å². The molecule has 20 heavy (non-hydrogen) atoms. The Morgan fingerprint density at radius 1 is 1.40 bits per heavy atom. The minimum Gasteiger partial charge on any atom is -0.497 e. The highest BCUT2D eigenvalue weighted by Gasteiger charge is 2.20. The van der Waals surface area contributed by atoms with Crippen molar-refractivity contribution in [2.24, 2.45) is 5.92 Å². The Labute approximate surface area is 119 Å². The van der Waals surface area contributed by atoms with Crippen molar-refractivity contribution in [3.63, 3.8) is 0 Å². The molecule has 1 rings (SSSR count). The van der Waals surface area contributed by atoms with Gasteiger partial charge in [0, 0.05) is 18.7 Å². The summed E-state index contributed by atoms with van der Waals surface area (Å²) in [5.74, 6) is 0.865. The predicted molar refractivity (Wildman–Crippen MR) is 78.4 cm³/mol. The fourth-order valence-electron chi connectivity index (χ4n) is 1.76. The molecule has 0 saturated carbocycles. The minimum atomic E-state index is -0.403. The van der Waals surface area contributed by atoms with Crippen LogP contribution in [0.15, 0.2) is 18.2 Å². The van der Waals surface area contributed by atoms with E-state index < -0.39 is 4.92 Å². The van der Waals surface area contributed by atoms with Gasteiger partial charge in [0.2, 0.25) is 0 Å². The Kier molecular flexibility index (Phi) is 6.24. The molecule has 1 N–H and O–H groups in total. The SMILES string of the molecule is CCOCC(Nc1cc(OC)ccc1[N+](=O)[O-])C(C)C. The highest BCUT2D eigenvalue weighted by atomic mass is 16.6. The molecule has 1 atom stereocenters. The van der Waals surface area contributed by atoms with E-state index >= 15 is 0 Å². The zero-order valence-corrected chi connectivity index (χ0v) is 12.4. The van der Waals surface area contributed by atoms with E-state index in [-0.39, 0.29) is 17.6 Å². The third kappa shape index (κ3) is 4.38. The van der Waals surface area contributed by atoms with Crippen molar-refractivity contribution in [2.45, 2.75) is 26.8 Å². The monoisotopic (exact) mass is 282 g/mol. The summed E-state index contributed by atoms with van der Waals surface area (Å²) in [5, 5.41) is 14.3. The Morgan fingerprint density at radius 3 is 2.60 bits per heavy atom. The van der Waals surface area contributed by atoms with Crippen molar-refractivity contribution in [1.82, 2.24) is 0 Å². The van der Waals surface area contributed by atoms with Crippen LogP contribution in [-0.4, -0.2) is 31.3 Å². The maximum atomic E-state index is 11.1. The number of anilines is 1. The second kappa shape index (κ2) is 7.69. The van der Waals surface area contributed by atoms with Crippen LogP contribution in [0.2, 0.25) is 0 Å². The van der Waals surface area contributed by atoms with Gasteiger partial charge in [-0.2, -0.15) is 0 Å². The van der Waals surface area contributed by atoms with Gasteiger partial charge in [0.15, 0.2) is 0 Å². The summed E-state index contributed by atoms with van der Waals surface area (Å²) >= 11 is 0. The largest absolute Gasteiger partial charge is 0.497 e. The average molecular weight is 282 g/mol. The Balaban J connectivity index is 2.99. The number of rotatable bonds is 8. The van der Waals surface area contributed by atoms with E-state index in [1.54, 1.807) is 12.1 Å². The molecule has 0 saturated heterocycles. The summed E-state index contributed by atoms with van der Waals surface area (Å²) in [5.41, 5.74) is 0.487. The van der Waals surface area contributed by atoms with E-state index in [2.05, 4.69) is 5.32 Å². The fraction of sp³-hybridized carbons (Fsp3) is 0.571. The summed E-state index contributed by atoms with van der Waals surface area (Å²) in [4.78, 5) is 10.7. The van der Waals surface area contributed by atoms with Gasteiger partial charge >= 0.3 is 0 Å². The minimum absolute atomic E-state index is 0.000700. The smallest absolute Gasteiger partial charge is 0.292 e. The van der Waals surface area contributed by atoms with E-state index in [9.17, 15) is 10.1 Å². The summed E-state index contributed by atoms with van der Waals surface area (Å²) in [7, 11) is 1.53. The van der Waals surface area contributed by atoms with Gasteiger partial charge in [-0.05, 0) is 18.9 Å². The van der Waals surface area contributed by atoms with Crippen LogP contribution in [0.5, 0.6) is 5.75 Å². The molecule has 0 radical (unpaired) electrons. The molecule has 1 aromatic rings. The van der Waals surface area contributed by atoms with E-state index in [0.29, 0.717) is 24.7 Å². The predicted octanol–water partition coefficient (Wildman–Crippen LogP) is 3.08. The fourth-order valence-corrected chi connectivity index (χ4v) is 1.76. The Morgan fingerprint density at radius 2 is 2.10 bits per heavy atom. The van der Waals surface area contributed by atoms with Gasteiger partial charge in [-0.1, -0.05) is 13.8 Å². The molecule has 0 heterocycles. The van der Waals surface area contributed by atoms with Crippen LogP contribution in [-0.2, 0) is 4.74 Å². The number of nitrogens with one attached hydrogen (secondary N) is 1. The second-order valence-electron chi connectivity index (χ2n) is 4.79. The van der Waals surface area contributed by atoms with Crippen molar-refractivity contribution in [3.05, 3.63) is 28.3 Å². The second-order valence-corrected chi connectivity index (χ2v) is 4.79. The van der Waals surface area contributed by atoms with E-state index in [0.717, 1.165) is 0 Å². The Bertz CT molecular complexity index is 449. The quantitative estimate of drug-likeness (QED) is 0.586. The van der Waals surface area contributed by atoms with Crippen molar-refractivity contribution >= 4 is 11.4 Å². The summed E-state index contributed by atoms with van der Waals surface area (Å²) < 4.78 is 10.5. The van der Waals surface area contributed by atoms with Gasteiger partial charge in [0.1, 0.15) is 11.4 Å². The van der Waals surface area contributed by atoms with Gasteiger partial charge in [0.25, 0.3) is 5.69 Å². The first-order valence-electron chi connectivity index (χ1n) is 6.66. The molecular weight excluding hydrogens is 260 g/mol. The van der Waals surface area contributed by atoms with Crippen molar-refractivity contribution < 1.29 is 14.4 Å². The van der Waals surface area contributed by atoms with Gasteiger partial charge in [-0.15, -0.1) is 0 Å². The molecule has 0 aliphatic rings. The average Bonchev–Trinajstić information content (AvgIpc) is 2.42. The van der Waals surface area contributed by atoms with Crippen molar-refractivity contribution in [2.75, 3.05) is 25.6 Å². The van der Waals surface area contributed by atoms with Crippen LogP contribution in [0.25, 0.3) is 0 Å². The van der Waals surface area contributed by atoms with Crippen LogP contribution in [0, 0.1) is 16.0 Å². The van der Waals surface area contributed by atoms with Crippen molar-refractivity contribution in [3.8, 4) is 5.75 Å². The molecule has 0 spiro atoms. The zero-order valence-electron chi connectivity index (χ0n) is 12.4. The van der Waals surface area contributed by atoms with E-state index in [1.165, 1.54) is 13.2 Å². The molecule has 0 amide bonds. The number of hydrogen-bond donors (Lipinski definition) is 1. The third-order valence-electron chi connectivity index (χ3n) is 3.05. The number of nitrogens with zero attached hydrogens (tertiary/aromatic N) is 1. The van der Waals surface area contributed by atoms with Crippen LogP contribution in [0.4, 0.5) is 11.4 Å². The molecule has 6 heteroatoms. The normalized spacial score (nSPS) is 12.2. The molecule has 0 fully saturated rings. The number of nitro benzene ring substituents is 1. The molecule has 1 aromatic carbocycles. The lowest BCUT2D eigenvalue weighted by atomic mass is 10.0. The van der Waals surface area contributed by atoms with Crippen LogP contribution >= 0.6 is 0 Å². The first-order valence-corrected chi connectivity index (χ1v) is 6.66. The lowest BCUT2D eigenvalue weighted by molar-refractivity contribution is -0.384. The highest BCUT2D eigenvalue weighted by Crippen LogP contribution is 2.30. The van der Waals surface area contributed by atoms with E-state index in [4.69, 9.17) is 9.47 Å². The number of hydrogen-bond acceptors (Lipinski definition) is 5. The standard InChI is InChI=1S/C14H22N2O4/c1-5-20-9-13(10(2)3)15-12-8-11(19-4)6-7-14(12)16(17)18/h6-8,10,13,15H,5,9H2,1-4H3. The zero-order chi connectivity index (χ0) is 15.1. The van der Waals surface area contributed by atoms with Gasteiger partial charge in [-0.3, -0.25) is 10.1 Å². The highest BCUT2D eigenvalue weighted by molar-refractivity contribution is 5.64. The van der Waals surface area contributed by atoms with Gasteiger partial charge < -0.3 is 14.8 Å². The maximum Gasteiger partial charge on any atom is 0.292 e. The maximum absolute atomic E-state index is 11.1. The molecule has 6 nitrogen and oxygen atoms in total. The lowest BCUT2D eigenvalue weighted by Crippen LogP contribution is -2.31. The number of nitro groups is 1. The summed E-state index contributed by atoms with van der Waals surface area (Å²) in [6, 6.07) is 4.66. The van der Waals surface area contributed by atoms with Crippen LogP contribution in [0.1, 0.15) is 20.8 Å². The molecule has 0 aliphatic carbocycles. The van der Waals surface area contributed by atoms with E-state index in [1.807, 2.05) is 20.8 Å². The summed E-state index contributed by atoms with van der Waals surface area (Å²) in [6.45, 7) is 7.13. The lowest BCUT2D eigenvalue weighted by Gasteiger charge is -2.23. The first kappa shape index (κ1) is 16.2.